The number of aromatic nitrogens is 3. The van der Waals surface area contributed by atoms with E-state index in [1.54, 1.807) is 6.20 Å². The van der Waals surface area contributed by atoms with Crippen molar-refractivity contribution in [2.75, 3.05) is 18.5 Å². The lowest BCUT2D eigenvalue weighted by molar-refractivity contribution is 0.141. The van der Waals surface area contributed by atoms with Crippen LogP contribution in [0.25, 0.3) is 5.52 Å². The van der Waals surface area contributed by atoms with E-state index in [1.807, 2.05) is 30.6 Å². The van der Waals surface area contributed by atoms with Crippen LogP contribution in [-0.4, -0.2) is 33.9 Å². The first kappa shape index (κ1) is 11.9. The first-order chi connectivity index (χ1) is 8.20. The number of hydrogen-bond donors (Lipinski definition) is 1. The Kier molecular flexibility index (Phi) is 3.58. The molecule has 2 aromatic rings. The fourth-order valence-corrected chi connectivity index (χ4v) is 1.73. The van der Waals surface area contributed by atoms with Crippen LogP contribution in [0.15, 0.2) is 18.5 Å². The van der Waals surface area contributed by atoms with Crippen LogP contribution in [0, 0.1) is 6.92 Å². The Morgan fingerprint density at radius 1 is 1.53 bits per heavy atom. The van der Waals surface area contributed by atoms with Gasteiger partial charge in [0.05, 0.1) is 12.3 Å². The number of nitrogens with one attached hydrogen (secondary N) is 1. The highest BCUT2D eigenvalue weighted by Gasteiger charge is 2.08. The summed E-state index contributed by atoms with van der Waals surface area (Å²) in [5.74, 6) is 0.848. The fourth-order valence-electron chi connectivity index (χ4n) is 1.73. The molecule has 17 heavy (non-hydrogen) atoms. The summed E-state index contributed by atoms with van der Waals surface area (Å²) in [5.41, 5.74) is 1.98. The van der Waals surface area contributed by atoms with Crippen LogP contribution >= 0.6 is 0 Å². The largest absolute Gasteiger partial charge is 0.380 e. The molecule has 2 heterocycles. The summed E-state index contributed by atoms with van der Waals surface area (Å²) in [6.07, 6.45) is 3.59. The smallest absolute Gasteiger partial charge is 0.152 e. The molecule has 92 valence electrons. The maximum atomic E-state index is 5.37. The Morgan fingerprint density at radius 3 is 3.12 bits per heavy atom. The predicted molar refractivity (Wildman–Crippen MR) is 67.3 cm³/mol. The second-order valence-electron chi connectivity index (χ2n) is 4.10. The van der Waals surface area contributed by atoms with E-state index in [0.717, 1.165) is 23.6 Å². The maximum absolute atomic E-state index is 5.37. The maximum Gasteiger partial charge on any atom is 0.152 e. The number of anilines is 1. The summed E-state index contributed by atoms with van der Waals surface area (Å²) >= 11 is 0. The minimum absolute atomic E-state index is 0.226. The first-order valence-electron chi connectivity index (χ1n) is 5.86. The molecule has 0 bridgehead atoms. The van der Waals surface area contributed by atoms with Gasteiger partial charge in [-0.25, -0.2) is 9.50 Å². The molecule has 2 rings (SSSR count). The third kappa shape index (κ3) is 2.74. The van der Waals surface area contributed by atoms with Crippen LogP contribution in [0.3, 0.4) is 0 Å². The van der Waals surface area contributed by atoms with Gasteiger partial charge in [0.15, 0.2) is 5.82 Å². The molecule has 2 aromatic heterocycles. The van der Waals surface area contributed by atoms with Gasteiger partial charge in [0.1, 0.15) is 5.52 Å². The highest BCUT2D eigenvalue weighted by molar-refractivity contribution is 5.67. The van der Waals surface area contributed by atoms with E-state index in [4.69, 9.17) is 4.74 Å². The van der Waals surface area contributed by atoms with E-state index in [9.17, 15) is 0 Å². The van der Waals surface area contributed by atoms with Crippen LogP contribution in [0.5, 0.6) is 0 Å². The van der Waals surface area contributed by atoms with E-state index in [-0.39, 0.29) is 6.04 Å². The number of aryl methyl sites for hydroxylation is 1. The van der Waals surface area contributed by atoms with E-state index < -0.39 is 0 Å². The summed E-state index contributed by atoms with van der Waals surface area (Å²) < 4.78 is 7.20. The molecule has 0 aliphatic rings. The van der Waals surface area contributed by atoms with Crippen molar-refractivity contribution < 1.29 is 4.74 Å². The average molecular weight is 234 g/mol. The van der Waals surface area contributed by atoms with E-state index in [1.165, 1.54) is 0 Å². The highest BCUT2D eigenvalue weighted by atomic mass is 16.5. The minimum atomic E-state index is 0.226. The quantitative estimate of drug-likeness (QED) is 0.858. The van der Waals surface area contributed by atoms with E-state index in [0.29, 0.717) is 6.61 Å². The number of nitrogens with zero attached hydrogens (tertiary/aromatic N) is 3. The Bertz CT molecular complexity index is 494. The van der Waals surface area contributed by atoms with Crippen LogP contribution in [0.4, 0.5) is 5.82 Å². The van der Waals surface area contributed by atoms with Crippen molar-refractivity contribution in [1.82, 2.24) is 14.6 Å². The first-order valence-corrected chi connectivity index (χ1v) is 5.86. The number of hydrogen-bond acceptors (Lipinski definition) is 4. The lowest BCUT2D eigenvalue weighted by Crippen LogP contribution is -2.22. The second-order valence-corrected chi connectivity index (χ2v) is 4.10. The van der Waals surface area contributed by atoms with E-state index >= 15 is 0 Å². The summed E-state index contributed by atoms with van der Waals surface area (Å²) in [6, 6.07) is 2.24. The molecule has 0 fully saturated rings. The summed E-state index contributed by atoms with van der Waals surface area (Å²) in [4.78, 5) is 4.34. The van der Waals surface area contributed by atoms with Gasteiger partial charge < -0.3 is 10.1 Å². The van der Waals surface area contributed by atoms with Gasteiger partial charge in [0, 0.05) is 25.0 Å². The zero-order chi connectivity index (χ0) is 12.3. The standard InChI is InChI=1S/C12H18N4O/c1-4-17-8-10(3)14-12-11-7-9(2)15-16(11)6-5-13-12/h5-7,10H,4,8H2,1-3H3,(H,13,14). The van der Waals surface area contributed by atoms with Gasteiger partial charge >= 0.3 is 0 Å². The van der Waals surface area contributed by atoms with E-state index in [2.05, 4.69) is 22.3 Å². The molecule has 0 radical (unpaired) electrons. The average Bonchev–Trinajstić information content (AvgIpc) is 2.68. The third-order valence-electron chi connectivity index (χ3n) is 2.47. The number of rotatable bonds is 5. The predicted octanol–water partition coefficient (Wildman–Crippen LogP) is 1.87. The molecule has 0 spiro atoms. The van der Waals surface area contributed by atoms with Gasteiger partial charge in [0.2, 0.25) is 0 Å². The third-order valence-corrected chi connectivity index (χ3v) is 2.47. The molecule has 1 N–H and O–H groups in total. The van der Waals surface area contributed by atoms with Gasteiger partial charge in [-0.05, 0) is 26.8 Å². The van der Waals surface area contributed by atoms with Gasteiger partial charge in [-0.2, -0.15) is 5.10 Å². The van der Waals surface area contributed by atoms with Gasteiger partial charge in [-0.3, -0.25) is 0 Å². The second kappa shape index (κ2) is 5.14. The Hall–Kier alpha value is -1.62. The molecule has 0 aliphatic carbocycles. The molecular weight excluding hydrogens is 216 g/mol. The molecule has 1 unspecified atom stereocenters. The molecular formula is C12H18N4O. The molecule has 0 aromatic carbocycles. The normalized spacial score (nSPS) is 12.9. The lowest BCUT2D eigenvalue weighted by atomic mass is 10.3. The van der Waals surface area contributed by atoms with Crippen molar-refractivity contribution in [2.45, 2.75) is 26.8 Å². The highest BCUT2D eigenvalue weighted by Crippen LogP contribution is 2.15. The van der Waals surface area contributed by atoms with Crippen molar-refractivity contribution in [3.05, 3.63) is 24.2 Å². The molecule has 5 heteroatoms. The Morgan fingerprint density at radius 2 is 2.35 bits per heavy atom. The summed E-state index contributed by atoms with van der Waals surface area (Å²) in [5, 5.41) is 7.68. The van der Waals surface area contributed by atoms with Crippen molar-refractivity contribution in [3.63, 3.8) is 0 Å². The van der Waals surface area contributed by atoms with Crippen LogP contribution in [-0.2, 0) is 4.74 Å². The zero-order valence-electron chi connectivity index (χ0n) is 10.5. The fraction of sp³-hybridized carbons (Fsp3) is 0.500. The van der Waals surface area contributed by atoms with Crippen LogP contribution < -0.4 is 5.32 Å². The van der Waals surface area contributed by atoms with Gasteiger partial charge in [-0.15, -0.1) is 0 Å². The summed E-state index contributed by atoms with van der Waals surface area (Å²) in [6.45, 7) is 7.44. The Balaban J connectivity index is 2.17. The van der Waals surface area contributed by atoms with Gasteiger partial charge in [-0.1, -0.05) is 0 Å². The minimum Gasteiger partial charge on any atom is -0.380 e. The van der Waals surface area contributed by atoms with Crippen LogP contribution in [0.1, 0.15) is 19.5 Å². The number of ether oxygens (including phenoxy) is 1. The molecule has 1 atom stereocenters. The molecule has 0 saturated heterocycles. The Labute approximate surface area is 101 Å². The van der Waals surface area contributed by atoms with Crippen molar-refractivity contribution in [3.8, 4) is 0 Å². The summed E-state index contributed by atoms with van der Waals surface area (Å²) in [7, 11) is 0. The van der Waals surface area contributed by atoms with Crippen LogP contribution in [0.2, 0.25) is 0 Å². The lowest BCUT2D eigenvalue weighted by Gasteiger charge is -2.14. The molecule has 0 aliphatic heterocycles. The number of fused-ring (bicyclic) bond motifs is 1. The zero-order valence-corrected chi connectivity index (χ0v) is 10.5. The van der Waals surface area contributed by atoms with Crippen molar-refractivity contribution in [2.24, 2.45) is 0 Å². The van der Waals surface area contributed by atoms with Crippen molar-refractivity contribution in [1.29, 1.82) is 0 Å². The molecule has 0 saturated carbocycles. The topological polar surface area (TPSA) is 51.5 Å². The SMILES string of the molecule is CCOCC(C)Nc1nccn2nc(C)cc12. The van der Waals surface area contributed by atoms with Crippen molar-refractivity contribution >= 4 is 11.3 Å². The van der Waals surface area contributed by atoms with Gasteiger partial charge in [0.25, 0.3) is 0 Å². The monoisotopic (exact) mass is 234 g/mol. The molecule has 5 nitrogen and oxygen atoms in total. The molecule has 0 amide bonds.